The van der Waals surface area contributed by atoms with Crippen LogP contribution < -0.4 is 5.32 Å². The van der Waals surface area contributed by atoms with Crippen molar-refractivity contribution < 1.29 is 9.53 Å². The molecule has 1 aromatic heterocycles. The molecule has 0 bridgehead atoms. The smallest absolute Gasteiger partial charge is 0.227 e. The average Bonchev–Trinajstić information content (AvgIpc) is 2.82. The lowest BCUT2D eigenvalue weighted by atomic mass is 9.92. The Bertz CT molecular complexity index is 485. The quantitative estimate of drug-likeness (QED) is 0.891. The molecule has 1 aliphatic rings. The monoisotopic (exact) mass is 248 g/mol. The normalized spacial score (nSPS) is 19.8. The minimum Gasteiger partial charge on any atom is -0.478 e. The highest BCUT2D eigenvalue weighted by atomic mass is 32.1. The van der Waals surface area contributed by atoms with Crippen LogP contribution in [-0.4, -0.2) is 12.5 Å². The van der Waals surface area contributed by atoms with E-state index in [-0.39, 0.29) is 11.8 Å². The van der Waals surface area contributed by atoms with Crippen LogP contribution in [0.5, 0.6) is 0 Å². The van der Waals surface area contributed by atoms with E-state index in [0.29, 0.717) is 24.5 Å². The predicted molar refractivity (Wildman–Crippen MR) is 64.1 cm³/mol. The fourth-order valence-corrected chi connectivity index (χ4v) is 2.65. The molecule has 0 spiro atoms. The van der Waals surface area contributed by atoms with Gasteiger partial charge in [-0.3, -0.25) is 10.1 Å². The van der Waals surface area contributed by atoms with Crippen LogP contribution in [0.2, 0.25) is 0 Å². The van der Waals surface area contributed by atoms with Crippen LogP contribution >= 0.6 is 11.3 Å². The van der Waals surface area contributed by atoms with Crippen LogP contribution in [0.1, 0.15) is 24.1 Å². The molecular formula is C12H12N2O2S. The lowest BCUT2D eigenvalue weighted by molar-refractivity contribution is -0.122. The van der Waals surface area contributed by atoms with Crippen molar-refractivity contribution in [3.8, 4) is 6.07 Å². The number of nitrogens with zero attached hydrogens (tertiary/aromatic N) is 1. The molecular weight excluding hydrogens is 236 g/mol. The first kappa shape index (κ1) is 11.7. The second kappa shape index (κ2) is 5.02. The molecule has 0 radical (unpaired) electrons. The highest BCUT2D eigenvalue weighted by Gasteiger charge is 2.30. The first-order valence-electron chi connectivity index (χ1n) is 5.36. The van der Waals surface area contributed by atoms with E-state index in [4.69, 9.17) is 4.74 Å². The van der Waals surface area contributed by atoms with E-state index >= 15 is 0 Å². The molecule has 0 fully saturated rings. The maximum absolute atomic E-state index is 11.6. The minimum absolute atomic E-state index is 0.106. The lowest BCUT2D eigenvalue weighted by Gasteiger charge is -2.23. The van der Waals surface area contributed by atoms with Crippen LogP contribution in [0, 0.1) is 11.3 Å². The van der Waals surface area contributed by atoms with Gasteiger partial charge in [-0.2, -0.15) is 5.26 Å². The van der Waals surface area contributed by atoms with Crippen molar-refractivity contribution in [3.63, 3.8) is 0 Å². The first-order chi connectivity index (χ1) is 8.26. The summed E-state index contributed by atoms with van der Waals surface area (Å²) in [6.07, 6.45) is 0.306. The molecule has 2 rings (SSSR count). The fraction of sp³-hybridized carbons (Fsp3) is 0.333. The summed E-state index contributed by atoms with van der Waals surface area (Å²) in [6, 6.07) is 6.00. The zero-order valence-corrected chi connectivity index (χ0v) is 10.2. The molecule has 5 heteroatoms. The van der Waals surface area contributed by atoms with E-state index in [2.05, 4.69) is 11.4 Å². The number of amides is 1. The topological polar surface area (TPSA) is 62.1 Å². The number of nitrogens with one attached hydrogen (secondary N) is 1. The molecule has 1 amide bonds. The second-order valence-electron chi connectivity index (χ2n) is 3.61. The summed E-state index contributed by atoms with van der Waals surface area (Å²) in [5, 5.41) is 13.8. The zero-order valence-electron chi connectivity index (χ0n) is 9.40. The molecule has 1 unspecified atom stereocenters. The predicted octanol–water partition coefficient (Wildman–Crippen LogP) is 2.12. The summed E-state index contributed by atoms with van der Waals surface area (Å²) in [4.78, 5) is 12.6. The van der Waals surface area contributed by atoms with Gasteiger partial charge in [0, 0.05) is 17.2 Å². The SMILES string of the molecule is CCOC1=C(C#N)C(c2cccs2)CC(=O)N1. The fourth-order valence-electron chi connectivity index (χ4n) is 1.81. The van der Waals surface area contributed by atoms with Gasteiger partial charge in [0.15, 0.2) is 0 Å². The van der Waals surface area contributed by atoms with E-state index in [1.807, 2.05) is 24.4 Å². The van der Waals surface area contributed by atoms with Gasteiger partial charge in [0.2, 0.25) is 11.8 Å². The van der Waals surface area contributed by atoms with Gasteiger partial charge in [0.05, 0.1) is 12.2 Å². The van der Waals surface area contributed by atoms with Crippen molar-refractivity contribution in [1.82, 2.24) is 5.32 Å². The van der Waals surface area contributed by atoms with Gasteiger partial charge < -0.3 is 4.74 Å². The number of thiophene rings is 1. The Morgan fingerprint density at radius 1 is 1.71 bits per heavy atom. The van der Waals surface area contributed by atoms with Crippen LogP contribution in [0.3, 0.4) is 0 Å². The number of rotatable bonds is 3. The molecule has 1 aromatic rings. The Labute approximate surface area is 104 Å². The van der Waals surface area contributed by atoms with E-state index in [0.717, 1.165) is 4.88 Å². The van der Waals surface area contributed by atoms with Crippen molar-refractivity contribution >= 4 is 17.2 Å². The first-order valence-corrected chi connectivity index (χ1v) is 6.24. The van der Waals surface area contributed by atoms with Gasteiger partial charge in [0.25, 0.3) is 0 Å². The highest BCUT2D eigenvalue weighted by Crippen LogP contribution is 2.34. The number of carbonyl (C=O) groups is 1. The number of hydrogen-bond acceptors (Lipinski definition) is 4. The number of allylic oxidation sites excluding steroid dienone is 1. The van der Waals surface area contributed by atoms with Gasteiger partial charge in [-0.1, -0.05) is 6.07 Å². The van der Waals surface area contributed by atoms with Crippen LogP contribution in [0.15, 0.2) is 29.0 Å². The summed E-state index contributed by atoms with van der Waals surface area (Å²) in [6.45, 7) is 2.25. The minimum atomic E-state index is -0.171. The van der Waals surface area contributed by atoms with Gasteiger partial charge in [-0.15, -0.1) is 11.3 Å². The van der Waals surface area contributed by atoms with Crippen LogP contribution in [0.4, 0.5) is 0 Å². The third kappa shape index (κ3) is 2.32. The molecule has 1 N–H and O–H groups in total. The molecule has 0 aliphatic carbocycles. The summed E-state index contributed by atoms with van der Waals surface area (Å²) in [5.74, 6) is 0.0331. The van der Waals surface area contributed by atoms with Gasteiger partial charge >= 0.3 is 0 Å². The molecule has 2 heterocycles. The maximum atomic E-state index is 11.6. The molecule has 4 nitrogen and oxygen atoms in total. The zero-order chi connectivity index (χ0) is 12.3. The van der Waals surface area contributed by atoms with Crippen molar-refractivity contribution in [1.29, 1.82) is 5.26 Å². The summed E-state index contributed by atoms with van der Waals surface area (Å²) in [7, 11) is 0. The third-order valence-electron chi connectivity index (χ3n) is 2.53. The summed E-state index contributed by atoms with van der Waals surface area (Å²) in [5.41, 5.74) is 0.508. The molecule has 0 saturated heterocycles. The summed E-state index contributed by atoms with van der Waals surface area (Å²) >= 11 is 1.55. The van der Waals surface area contributed by atoms with Crippen molar-refractivity contribution in [2.75, 3.05) is 6.61 Å². The molecule has 1 atom stereocenters. The third-order valence-corrected chi connectivity index (χ3v) is 3.52. The van der Waals surface area contributed by atoms with E-state index in [9.17, 15) is 10.1 Å². The lowest BCUT2D eigenvalue weighted by Crippen LogP contribution is -2.32. The van der Waals surface area contributed by atoms with Crippen LogP contribution in [-0.2, 0) is 9.53 Å². The Hall–Kier alpha value is -1.80. The van der Waals surface area contributed by atoms with Gasteiger partial charge in [-0.05, 0) is 18.4 Å². The molecule has 0 aromatic carbocycles. The molecule has 0 saturated carbocycles. The van der Waals surface area contributed by atoms with Crippen molar-refractivity contribution in [2.45, 2.75) is 19.3 Å². The summed E-state index contributed by atoms with van der Waals surface area (Å²) < 4.78 is 5.31. The van der Waals surface area contributed by atoms with Crippen molar-refractivity contribution in [2.24, 2.45) is 0 Å². The Morgan fingerprint density at radius 3 is 3.12 bits per heavy atom. The highest BCUT2D eigenvalue weighted by molar-refractivity contribution is 7.10. The van der Waals surface area contributed by atoms with Crippen molar-refractivity contribution in [3.05, 3.63) is 33.8 Å². The van der Waals surface area contributed by atoms with E-state index in [1.165, 1.54) is 0 Å². The van der Waals surface area contributed by atoms with E-state index < -0.39 is 0 Å². The number of carbonyl (C=O) groups excluding carboxylic acids is 1. The van der Waals surface area contributed by atoms with Crippen LogP contribution in [0.25, 0.3) is 0 Å². The molecule has 17 heavy (non-hydrogen) atoms. The Balaban J connectivity index is 2.40. The number of ether oxygens (including phenoxy) is 1. The number of nitriles is 1. The second-order valence-corrected chi connectivity index (χ2v) is 4.59. The van der Waals surface area contributed by atoms with Gasteiger partial charge in [-0.25, -0.2) is 0 Å². The Kier molecular flexibility index (Phi) is 3.45. The van der Waals surface area contributed by atoms with Gasteiger partial charge in [0.1, 0.15) is 6.07 Å². The molecule has 1 aliphatic heterocycles. The number of hydrogen-bond donors (Lipinski definition) is 1. The molecule has 88 valence electrons. The Morgan fingerprint density at radius 2 is 2.53 bits per heavy atom. The largest absolute Gasteiger partial charge is 0.478 e. The van der Waals surface area contributed by atoms with E-state index in [1.54, 1.807) is 11.3 Å². The average molecular weight is 248 g/mol. The maximum Gasteiger partial charge on any atom is 0.227 e. The standard InChI is InChI=1S/C12H12N2O2S/c1-2-16-12-9(7-13)8(6-11(15)14-12)10-4-3-5-17-10/h3-5,8H,2,6H2,1H3,(H,14,15).